The highest BCUT2D eigenvalue weighted by atomic mass is 19.4. The molecule has 3 rings (SSSR count). The van der Waals surface area contributed by atoms with Gasteiger partial charge < -0.3 is 5.32 Å². The Morgan fingerprint density at radius 3 is 2.13 bits per heavy atom. The van der Waals surface area contributed by atoms with Crippen LogP contribution in [0.4, 0.5) is 22.0 Å². The molecule has 2 aliphatic carbocycles. The standard InChI is InChI=1S/C24H34F5N/c1-16(2)15-22(18-11-13-23(25,26)14-12-18)30-21-6-4-3-5-20(21)17-7-9-19(10-8-17)24(27,28)29/h7-10,16,18,20-22,30H,3-6,11-15H2,1-2H3/t20-,21+,22+/m0/s1. The van der Waals surface area contributed by atoms with E-state index < -0.39 is 17.7 Å². The average molecular weight is 432 g/mol. The van der Waals surface area contributed by atoms with E-state index in [0.29, 0.717) is 18.8 Å². The van der Waals surface area contributed by atoms with Gasteiger partial charge in [0.05, 0.1) is 5.56 Å². The SMILES string of the molecule is CC(C)C[C@@H](N[C@@H]1CCCC[C@H]1c1ccc(C(F)(F)F)cc1)C1CCC(F)(F)CC1. The van der Waals surface area contributed by atoms with Gasteiger partial charge in [-0.25, -0.2) is 8.78 Å². The Morgan fingerprint density at radius 1 is 0.967 bits per heavy atom. The van der Waals surface area contributed by atoms with Crippen LogP contribution < -0.4 is 5.32 Å². The zero-order valence-electron chi connectivity index (χ0n) is 17.9. The molecule has 0 bridgehead atoms. The maximum Gasteiger partial charge on any atom is 0.416 e. The highest BCUT2D eigenvalue weighted by molar-refractivity contribution is 5.28. The molecular weight excluding hydrogens is 397 g/mol. The van der Waals surface area contributed by atoms with E-state index in [9.17, 15) is 22.0 Å². The zero-order valence-corrected chi connectivity index (χ0v) is 17.9. The molecule has 0 spiro atoms. The van der Waals surface area contributed by atoms with Crippen LogP contribution in [0.25, 0.3) is 0 Å². The third-order valence-electron chi connectivity index (χ3n) is 6.92. The van der Waals surface area contributed by atoms with E-state index in [1.165, 1.54) is 12.1 Å². The third kappa shape index (κ3) is 6.18. The van der Waals surface area contributed by atoms with Crippen molar-refractivity contribution in [3.05, 3.63) is 35.4 Å². The Labute approximate surface area is 176 Å². The topological polar surface area (TPSA) is 12.0 Å². The Hall–Kier alpha value is -1.17. The van der Waals surface area contributed by atoms with Gasteiger partial charge in [0.25, 0.3) is 0 Å². The molecule has 0 saturated heterocycles. The molecule has 0 heterocycles. The van der Waals surface area contributed by atoms with Crippen molar-refractivity contribution in [2.45, 2.75) is 102 Å². The molecule has 0 radical (unpaired) electrons. The van der Waals surface area contributed by atoms with E-state index in [1.807, 2.05) is 0 Å². The summed E-state index contributed by atoms with van der Waals surface area (Å²) in [5.74, 6) is -1.67. The van der Waals surface area contributed by atoms with Crippen LogP contribution in [-0.4, -0.2) is 18.0 Å². The van der Waals surface area contributed by atoms with Crippen LogP contribution in [0.2, 0.25) is 0 Å². The second-order valence-corrected chi connectivity index (χ2v) is 9.71. The normalized spacial score (nSPS) is 26.7. The molecule has 3 atom stereocenters. The van der Waals surface area contributed by atoms with E-state index in [2.05, 4.69) is 19.2 Å². The number of benzene rings is 1. The maximum absolute atomic E-state index is 13.7. The van der Waals surface area contributed by atoms with Crippen molar-refractivity contribution < 1.29 is 22.0 Å². The molecule has 170 valence electrons. The summed E-state index contributed by atoms with van der Waals surface area (Å²) in [6.45, 7) is 4.31. The van der Waals surface area contributed by atoms with Crippen LogP contribution >= 0.6 is 0 Å². The van der Waals surface area contributed by atoms with Crippen molar-refractivity contribution >= 4 is 0 Å². The Kier molecular flexibility index (Phi) is 7.47. The Bertz CT molecular complexity index is 657. The molecular formula is C24H34F5N. The van der Waals surface area contributed by atoms with Crippen molar-refractivity contribution in [1.29, 1.82) is 0 Å². The molecule has 0 unspecified atom stereocenters. The first-order chi connectivity index (χ1) is 14.0. The molecule has 0 aromatic heterocycles. The summed E-state index contributed by atoms with van der Waals surface area (Å²) < 4.78 is 66.1. The molecule has 2 fully saturated rings. The van der Waals surface area contributed by atoms with Gasteiger partial charge in [-0.3, -0.25) is 0 Å². The van der Waals surface area contributed by atoms with Crippen LogP contribution in [0.1, 0.15) is 88.7 Å². The molecule has 1 aromatic carbocycles. The van der Waals surface area contributed by atoms with Crippen LogP contribution in [0, 0.1) is 11.8 Å². The molecule has 1 aromatic rings. The lowest BCUT2D eigenvalue weighted by atomic mass is 9.76. The summed E-state index contributed by atoms with van der Waals surface area (Å²) >= 11 is 0. The van der Waals surface area contributed by atoms with Gasteiger partial charge in [0.15, 0.2) is 0 Å². The maximum atomic E-state index is 13.7. The fourth-order valence-corrected chi connectivity index (χ4v) is 5.29. The molecule has 1 N–H and O–H groups in total. The molecule has 0 aliphatic heterocycles. The smallest absolute Gasteiger partial charge is 0.310 e. The fourth-order valence-electron chi connectivity index (χ4n) is 5.29. The minimum Gasteiger partial charge on any atom is -0.310 e. The van der Waals surface area contributed by atoms with Crippen LogP contribution in [0.3, 0.4) is 0 Å². The van der Waals surface area contributed by atoms with Crippen molar-refractivity contribution in [2.75, 3.05) is 0 Å². The monoisotopic (exact) mass is 431 g/mol. The lowest BCUT2D eigenvalue weighted by Crippen LogP contribution is -2.48. The van der Waals surface area contributed by atoms with Gasteiger partial charge in [-0.05, 0) is 67.6 Å². The van der Waals surface area contributed by atoms with Gasteiger partial charge >= 0.3 is 6.18 Å². The van der Waals surface area contributed by atoms with E-state index in [4.69, 9.17) is 0 Å². The summed E-state index contributed by atoms with van der Waals surface area (Å²) in [5.41, 5.74) is 0.325. The summed E-state index contributed by atoms with van der Waals surface area (Å²) in [7, 11) is 0. The summed E-state index contributed by atoms with van der Waals surface area (Å²) in [4.78, 5) is 0. The van der Waals surface area contributed by atoms with Crippen LogP contribution in [0.15, 0.2) is 24.3 Å². The minimum absolute atomic E-state index is 0.0407. The van der Waals surface area contributed by atoms with Gasteiger partial charge in [0.1, 0.15) is 0 Å². The minimum atomic E-state index is -4.33. The van der Waals surface area contributed by atoms with Gasteiger partial charge in [0.2, 0.25) is 5.92 Å². The number of alkyl halides is 5. The van der Waals surface area contributed by atoms with Crippen molar-refractivity contribution in [1.82, 2.24) is 5.32 Å². The van der Waals surface area contributed by atoms with Crippen LogP contribution in [-0.2, 0) is 6.18 Å². The lowest BCUT2D eigenvalue weighted by molar-refractivity contribution is -0.137. The predicted octanol–water partition coefficient (Wildman–Crippen LogP) is 7.56. The first-order valence-electron chi connectivity index (χ1n) is 11.4. The Balaban J connectivity index is 1.73. The van der Waals surface area contributed by atoms with Crippen molar-refractivity contribution in [2.24, 2.45) is 11.8 Å². The highest BCUT2D eigenvalue weighted by Crippen LogP contribution is 2.40. The second kappa shape index (κ2) is 9.54. The number of hydrogen-bond acceptors (Lipinski definition) is 1. The number of nitrogens with one attached hydrogen (secondary N) is 1. The first-order valence-corrected chi connectivity index (χ1v) is 11.4. The van der Waals surface area contributed by atoms with E-state index >= 15 is 0 Å². The van der Waals surface area contributed by atoms with Gasteiger partial charge in [-0.2, -0.15) is 13.2 Å². The summed E-state index contributed by atoms with van der Waals surface area (Å²) in [5, 5.41) is 3.81. The second-order valence-electron chi connectivity index (χ2n) is 9.71. The third-order valence-corrected chi connectivity index (χ3v) is 6.92. The molecule has 30 heavy (non-hydrogen) atoms. The van der Waals surface area contributed by atoms with Gasteiger partial charge in [-0.15, -0.1) is 0 Å². The lowest BCUT2D eigenvalue weighted by Gasteiger charge is -2.41. The molecule has 6 heteroatoms. The number of hydrogen-bond donors (Lipinski definition) is 1. The number of rotatable bonds is 6. The number of halogens is 5. The zero-order chi connectivity index (χ0) is 21.9. The Morgan fingerprint density at radius 2 is 1.57 bits per heavy atom. The first kappa shape index (κ1) is 23.5. The predicted molar refractivity (Wildman–Crippen MR) is 110 cm³/mol. The molecule has 2 aliphatic rings. The average Bonchev–Trinajstić information content (AvgIpc) is 2.67. The highest BCUT2D eigenvalue weighted by Gasteiger charge is 2.39. The fraction of sp³-hybridized carbons (Fsp3) is 0.750. The summed E-state index contributed by atoms with van der Waals surface area (Å²) in [6, 6.07) is 5.95. The van der Waals surface area contributed by atoms with Gasteiger partial charge in [0, 0.05) is 24.9 Å². The summed E-state index contributed by atoms with van der Waals surface area (Å²) in [6.07, 6.45) is 1.68. The van der Waals surface area contributed by atoms with Crippen LogP contribution in [0.5, 0.6) is 0 Å². The van der Waals surface area contributed by atoms with Gasteiger partial charge in [-0.1, -0.05) is 38.8 Å². The van der Waals surface area contributed by atoms with Crippen molar-refractivity contribution in [3.63, 3.8) is 0 Å². The largest absolute Gasteiger partial charge is 0.416 e. The molecule has 0 amide bonds. The molecule has 2 saturated carbocycles. The van der Waals surface area contributed by atoms with E-state index in [-0.39, 0.29) is 36.8 Å². The van der Waals surface area contributed by atoms with E-state index in [1.54, 1.807) is 12.1 Å². The quantitative estimate of drug-likeness (QED) is 0.458. The van der Waals surface area contributed by atoms with Crippen molar-refractivity contribution in [3.8, 4) is 0 Å². The molecule has 1 nitrogen and oxygen atoms in total. The van der Waals surface area contributed by atoms with E-state index in [0.717, 1.165) is 37.7 Å².